The molecule has 0 amide bonds. The van der Waals surface area contributed by atoms with E-state index in [0.717, 1.165) is 0 Å². The molecular formula is C16H12O4. The highest BCUT2D eigenvalue weighted by molar-refractivity contribution is 5.91. The molecule has 0 aromatic heterocycles. The first-order valence-corrected chi connectivity index (χ1v) is 5.88. The summed E-state index contributed by atoms with van der Waals surface area (Å²) in [4.78, 5) is 24.0. The number of ether oxygens (including phenoxy) is 1. The number of benzene rings is 1. The summed E-state index contributed by atoms with van der Waals surface area (Å²) in [6.45, 7) is 3.31. The van der Waals surface area contributed by atoms with Crippen molar-refractivity contribution in [2.24, 2.45) is 0 Å². The van der Waals surface area contributed by atoms with Gasteiger partial charge in [-0.25, -0.2) is 4.79 Å². The van der Waals surface area contributed by atoms with Gasteiger partial charge >= 0.3 is 5.97 Å². The van der Waals surface area contributed by atoms with Gasteiger partial charge in [0.25, 0.3) is 0 Å². The zero-order valence-corrected chi connectivity index (χ0v) is 10.6. The molecule has 4 heteroatoms. The molecule has 0 unspecified atom stereocenters. The van der Waals surface area contributed by atoms with E-state index in [1.807, 2.05) is 0 Å². The maximum Gasteiger partial charge on any atom is 0.343 e. The van der Waals surface area contributed by atoms with Crippen LogP contribution in [0.15, 0.2) is 66.0 Å². The third-order valence-corrected chi connectivity index (χ3v) is 2.61. The van der Waals surface area contributed by atoms with Gasteiger partial charge in [0.15, 0.2) is 5.75 Å². The smallest absolute Gasteiger partial charge is 0.343 e. The van der Waals surface area contributed by atoms with Crippen LogP contribution in [-0.4, -0.2) is 11.1 Å². The summed E-state index contributed by atoms with van der Waals surface area (Å²) in [5.74, 6) is -1.17. The first kappa shape index (κ1) is 13.5. The summed E-state index contributed by atoms with van der Waals surface area (Å²) in [5.41, 5.74) is -0.263. The van der Waals surface area contributed by atoms with Gasteiger partial charge in [-0.2, -0.15) is 0 Å². The predicted molar refractivity (Wildman–Crippen MR) is 75.8 cm³/mol. The molecular weight excluding hydrogens is 256 g/mol. The lowest BCUT2D eigenvalue weighted by molar-refractivity contribution is 0.0733. The van der Waals surface area contributed by atoms with E-state index in [9.17, 15) is 14.7 Å². The van der Waals surface area contributed by atoms with Gasteiger partial charge in [-0.1, -0.05) is 36.9 Å². The second kappa shape index (κ2) is 5.84. The number of aliphatic hydroxyl groups excluding tert-OH is 1. The Kier molecular flexibility index (Phi) is 3.96. The Morgan fingerprint density at radius 1 is 1.00 bits per heavy atom. The standard InChI is InChI=1S/C16H12O4/c1-11(17)13-9-5-6-10-14(15(13)18)20-16(19)12-7-3-2-4-8-12/h2-10,17H,1H2. The predicted octanol–water partition coefficient (Wildman–Crippen LogP) is 2.79. The Labute approximate surface area is 115 Å². The normalized spacial score (nSPS) is 9.80. The van der Waals surface area contributed by atoms with Gasteiger partial charge in [0, 0.05) is 0 Å². The molecule has 0 bridgehead atoms. The van der Waals surface area contributed by atoms with Crippen molar-refractivity contribution >= 4 is 11.7 Å². The van der Waals surface area contributed by atoms with Gasteiger partial charge in [0.2, 0.25) is 5.43 Å². The van der Waals surface area contributed by atoms with Crippen LogP contribution < -0.4 is 10.2 Å². The van der Waals surface area contributed by atoms with Crippen molar-refractivity contribution in [3.63, 3.8) is 0 Å². The summed E-state index contributed by atoms with van der Waals surface area (Å²) in [6.07, 6.45) is 0. The molecule has 1 N–H and O–H groups in total. The molecule has 2 rings (SSSR count). The average Bonchev–Trinajstić information content (AvgIpc) is 2.62. The Bertz CT molecular complexity index is 705. The molecule has 2 aromatic carbocycles. The summed E-state index contributed by atoms with van der Waals surface area (Å²) in [5, 5.41) is 9.36. The van der Waals surface area contributed by atoms with Crippen LogP contribution in [0.4, 0.5) is 0 Å². The Hall–Kier alpha value is -2.88. The fourth-order valence-corrected chi connectivity index (χ4v) is 1.62. The van der Waals surface area contributed by atoms with Gasteiger partial charge in [-0.3, -0.25) is 4.79 Å². The minimum atomic E-state index is -0.636. The van der Waals surface area contributed by atoms with E-state index < -0.39 is 11.4 Å². The topological polar surface area (TPSA) is 63.6 Å². The van der Waals surface area contributed by atoms with E-state index >= 15 is 0 Å². The highest BCUT2D eigenvalue weighted by atomic mass is 16.5. The molecule has 20 heavy (non-hydrogen) atoms. The van der Waals surface area contributed by atoms with Crippen LogP contribution in [-0.2, 0) is 0 Å². The molecule has 0 aliphatic rings. The summed E-state index contributed by atoms with van der Waals surface area (Å²) in [7, 11) is 0. The molecule has 0 aliphatic heterocycles. The molecule has 0 aliphatic carbocycles. The SMILES string of the molecule is C=C(O)c1ccccc(OC(=O)c2ccccc2)c1=O. The largest absolute Gasteiger partial charge is 0.508 e. The van der Waals surface area contributed by atoms with Crippen molar-refractivity contribution in [3.8, 4) is 5.75 Å². The number of carbonyl (C=O) groups is 1. The average molecular weight is 268 g/mol. The minimum absolute atomic E-state index is 0.00846. The monoisotopic (exact) mass is 268 g/mol. The van der Waals surface area contributed by atoms with Gasteiger partial charge < -0.3 is 9.84 Å². The van der Waals surface area contributed by atoms with Crippen molar-refractivity contribution in [3.05, 3.63) is 82.5 Å². The van der Waals surface area contributed by atoms with E-state index in [0.29, 0.717) is 5.56 Å². The first-order chi connectivity index (χ1) is 9.59. The van der Waals surface area contributed by atoms with E-state index in [1.165, 1.54) is 12.1 Å². The number of hydrogen-bond acceptors (Lipinski definition) is 4. The highest BCUT2D eigenvalue weighted by Crippen LogP contribution is 2.11. The van der Waals surface area contributed by atoms with Crippen LogP contribution in [0.3, 0.4) is 0 Å². The second-order valence-corrected chi connectivity index (χ2v) is 4.03. The van der Waals surface area contributed by atoms with Crippen molar-refractivity contribution < 1.29 is 14.6 Å². The fourth-order valence-electron chi connectivity index (χ4n) is 1.62. The maximum absolute atomic E-state index is 12.1. The van der Waals surface area contributed by atoms with Gasteiger partial charge in [-0.15, -0.1) is 0 Å². The lowest BCUT2D eigenvalue weighted by atomic mass is 10.2. The van der Waals surface area contributed by atoms with Crippen molar-refractivity contribution in [2.75, 3.05) is 0 Å². The van der Waals surface area contributed by atoms with Crippen LogP contribution in [0.2, 0.25) is 0 Å². The molecule has 0 radical (unpaired) electrons. The Morgan fingerprint density at radius 3 is 2.25 bits per heavy atom. The maximum atomic E-state index is 12.1. The fraction of sp³-hybridized carbons (Fsp3) is 0. The Balaban J connectivity index is 2.38. The van der Waals surface area contributed by atoms with Gasteiger partial charge in [-0.05, 0) is 24.3 Å². The van der Waals surface area contributed by atoms with E-state index in [1.54, 1.807) is 42.5 Å². The molecule has 0 atom stereocenters. The minimum Gasteiger partial charge on any atom is -0.508 e. The van der Waals surface area contributed by atoms with E-state index in [4.69, 9.17) is 4.74 Å². The molecule has 2 aromatic rings. The number of rotatable bonds is 3. The van der Waals surface area contributed by atoms with Crippen LogP contribution in [0, 0.1) is 0 Å². The van der Waals surface area contributed by atoms with Crippen LogP contribution in [0.25, 0.3) is 5.76 Å². The number of aliphatic hydroxyl groups is 1. The highest BCUT2D eigenvalue weighted by Gasteiger charge is 2.12. The lowest BCUT2D eigenvalue weighted by Crippen LogP contribution is -2.15. The van der Waals surface area contributed by atoms with E-state index in [2.05, 4.69) is 6.58 Å². The number of esters is 1. The zero-order valence-electron chi connectivity index (χ0n) is 10.6. The second-order valence-electron chi connectivity index (χ2n) is 4.03. The summed E-state index contributed by atoms with van der Waals surface area (Å²) in [6, 6.07) is 14.2. The Morgan fingerprint density at radius 2 is 1.60 bits per heavy atom. The molecule has 4 nitrogen and oxygen atoms in total. The molecule has 0 fully saturated rings. The zero-order chi connectivity index (χ0) is 14.5. The third-order valence-electron chi connectivity index (χ3n) is 2.61. The molecule has 0 heterocycles. The van der Waals surface area contributed by atoms with Crippen molar-refractivity contribution in [1.82, 2.24) is 0 Å². The quantitative estimate of drug-likeness (QED) is 0.686. The third kappa shape index (κ3) is 2.92. The van der Waals surface area contributed by atoms with Gasteiger partial charge in [0.05, 0.1) is 11.1 Å². The molecule has 0 saturated carbocycles. The number of hydrogen-bond donors (Lipinski definition) is 1. The van der Waals surface area contributed by atoms with Crippen molar-refractivity contribution in [2.45, 2.75) is 0 Å². The molecule has 0 saturated heterocycles. The van der Waals surface area contributed by atoms with Crippen LogP contribution in [0.1, 0.15) is 15.9 Å². The molecule has 100 valence electrons. The van der Waals surface area contributed by atoms with Crippen molar-refractivity contribution in [1.29, 1.82) is 0 Å². The van der Waals surface area contributed by atoms with Crippen LogP contribution >= 0.6 is 0 Å². The summed E-state index contributed by atoms with van der Waals surface area (Å²) < 4.78 is 5.08. The number of carbonyl (C=O) groups excluding carboxylic acids is 1. The van der Waals surface area contributed by atoms with Gasteiger partial charge in [0.1, 0.15) is 5.76 Å². The summed E-state index contributed by atoms with van der Waals surface area (Å²) >= 11 is 0. The van der Waals surface area contributed by atoms with Crippen LogP contribution in [0.5, 0.6) is 5.75 Å². The van der Waals surface area contributed by atoms with E-state index in [-0.39, 0.29) is 17.1 Å². The lowest BCUT2D eigenvalue weighted by Gasteiger charge is -2.02. The first-order valence-electron chi connectivity index (χ1n) is 5.88. The molecule has 0 spiro atoms.